The molecule has 0 aliphatic carbocycles. The van der Waals surface area contributed by atoms with E-state index in [1.807, 2.05) is 0 Å². The minimum Gasteiger partial charge on any atom is -0.497 e. The number of ether oxygens (including phenoxy) is 1. The van der Waals surface area contributed by atoms with E-state index in [1.54, 1.807) is 37.4 Å². The average molecular weight is 338 g/mol. The fourth-order valence-corrected chi connectivity index (χ4v) is 2.12. The van der Waals surface area contributed by atoms with E-state index in [1.165, 1.54) is 12.1 Å². The monoisotopic (exact) mass is 337 g/mol. The minimum atomic E-state index is -0.548. The Balaban J connectivity index is 2.05. The second-order valence-corrected chi connectivity index (χ2v) is 5.05. The molecule has 114 valence electrons. The Labute approximate surface area is 137 Å². The summed E-state index contributed by atoms with van der Waals surface area (Å²) in [6.07, 6.45) is 0. The van der Waals surface area contributed by atoms with Crippen molar-refractivity contribution in [3.05, 3.63) is 57.6 Å². The molecule has 22 heavy (non-hydrogen) atoms. The van der Waals surface area contributed by atoms with Gasteiger partial charge < -0.3 is 15.4 Å². The van der Waals surface area contributed by atoms with Crippen LogP contribution in [0.1, 0.15) is 0 Å². The highest BCUT2D eigenvalue weighted by atomic mass is 35.5. The van der Waals surface area contributed by atoms with Gasteiger partial charge in [0.25, 0.3) is 5.69 Å². The van der Waals surface area contributed by atoms with Gasteiger partial charge in [-0.2, -0.15) is 0 Å². The van der Waals surface area contributed by atoms with Gasteiger partial charge in [-0.3, -0.25) is 10.1 Å². The van der Waals surface area contributed by atoms with Crippen LogP contribution in [0.2, 0.25) is 5.02 Å². The van der Waals surface area contributed by atoms with Gasteiger partial charge in [0.15, 0.2) is 5.11 Å². The Morgan fingerprint density at radius 3 is 2.36 bits per heavy atom. The molecular formula is C14H12ClN3O3S. The van der Waals surface area contributed by atoms with E-state index in [0.29, 0.717) is 10.8 Å². The van der Waals surface area contributed by atoms with Crippen molar-refractivity contribution in [3.8, 4) is 5.75 Å². The third-order valence-electron chi connectivity index (χ3n) is 2.75. The number of anilines is 2. The van der Waals surface area contributed by atoms with Crippen molar-refractivity contribution >= 4 is 46.0 Å². The van der Waals surface area contributed by atoms with Crippen LogP contribution in [0.3, 0.4) is 0 Å². The summed E-state index contributed by atoms with van der Waals surface area (Å²) in [5.74, 6) is 0.734. The molecule has 0 amide bonds. The van der Waals surface area contributed by atoms with Crippen LogP contribution in [-0.2, 0) is 0 Å². The summed E-state index contributed by atoms with van der Waals surface area (Å²) in [7, 11) is 1.59. The lowest BCUT2D eigenvalue weighted by molar-refractivity contribution is -0.384. The van der Waals surface area contributed by atoms with Gasteiger partial charge in [-0.1, -0.05) is 11.6 Å². The lowest BCUT2D eigenvalue weighted by Gasteiger charge is -2.11. The Kier molecular flexibility index (Phi) is 5.13. The first-order valence-corrected chi connectivity index (χ1v) is 6.94. The highest BCUT2D eigenvalue weighted by molar-refractivity contribution is 7.80. The smallest absolute Gasteiger partial charge is 0.289 e. The molecule has 2 aromatic rings. The number of nitro benzene ring substituents is 1. The lowest BCUT2D eigenvalue weighted by atomic mass is 10.3. The predicted molar refractivity (Wildman–Crippen MR) is 90.9 cm³/mol. The van der Waals surface area contributed by atoms with Gasteiger partial charge in [-0.15, -0.1) is 0 Å². The normalized spacial score (nSPS) is 9.91. The van der Waals surface area contributed by atoms with Crippen molar-refractivity contribution < 1.29 is 9.66 Å². The summed E-state index contributed by atoms with van der Waals surface area (Å²) >= 11 is 10.9. The standard InChI is InChI=1S/C14H12ClN3O3S/c1-21-11-5-2-9(3-6-11)16-14(22)17-10-4-7-12(15)13(8-10)18(19)20/h2-8H,1H3,(H2,16,17,22). The zero-order valence-electron chi connectivity index (χ0n) is 11.5. The molecule has 2 rings (SSSR count). The van der Waals surface area contributed by atoms with Crippen LogP contribution in [0.25, 0.3) is 0 Å². The third-order valence-corrected chi connectivity index (χ3v) is 3.27. The number of benzene rings is 2. The topological polar surface area (TPSA) is 76.4 Å². The van der Waals surface area contributed by atoms with E-state index in [0.717, 1.165) is 11.4 Å². The molecule has 6 nitrogen and oxygen atoms in total. The van der Waals surface area contributed by atoms with Crippen molar-refractivity contribution in [3.63, 3.8) is 0 Å². The summed E-state index contributed by atoms with van der Waals surface area (Å²) in [5, 5.41) is 17.1. The van der Waals surface area contributed by atoms with Gasteiger partial charge in [0.2, 0.25) is 0 Å². The van der Waals surface area contributed by atoms with Gasteiger partial charge >= 0.3 is 0 Å². The zero-order chi connectivity index (χ0) is 16.1. The van der Waals surface area contributed by atoms with Gasteiger partial charge in [0, 0.05) is 17.4 Å². The largest absolute Gasteiger partial charge is 0.497 e. The minimum absolute atomic E-state index is 0.0737. The van der Waals surface area contributed by atoms with E-state index < -0.39 is 4.92 Å². The van der Waals surface area contributed by atoms with E-state index in [4.69, 9.17) is 28.6 Å². The highest BCUT2D eigenvalue weighted by Crippen LogP contribution is 2.27. The van der Waals surface area contributed by atoms with Crippen LogP contribution < -0.4 is 15.4 Å². The van der Waals surface area contributed by atoms with Crippen LogP contribution in [-0.4, -0.2) is 17.1 Å². The number of thiocarbonyl (C=S) groups is 1. The number of nitro groups is 1. The molecule has 0 spiro atoms. The molecule has 0 heterocycles. The summed E-state index contributed by atoms with van der Waals surface area (Å²) in [4.78, 5) is 10.3. The molecule has 2 aromatic carbocycles. The fraction of sp³-hybridized carbons (Fsp3) is 0.0714. The second kappa shape index (κ2) is 7.06. The number of rotatable bonds is 4. The van der Waals surface area contributed by atoms with Crippen LogP contribution in [0, 0.1) is 10.1 Å². The van der Waals surface area contributed by atoms with E-state index in [2.05, 4.69) is 10.6 Å². The first-order chi connectivity index (χ1) is 10.5. The van der Waals surface area contributed by atoms with Crippen molar-refractivity contribution in [1.29, 1.82) is 0 Å². The second-order valence-electron chi connectivity index (χ2n) is 4.23. The van der Waals surface area contributed by atoms with Crippen molar-refractivity contribution in [1.82, 2.24) is 0 Å². The predicted octanol–water partition coefficient (Wildman–Crippen LogP) is 4.07. The van der Waals surface area contributed by atoms with Crippen molar-refractivity contribution in [2.24, 2.45) is 0 Å². The van der Waals surface area contributed by atoms with Crippen LogP contribution in [0.4, 0.5) is 17.1 Å². The molecule has 0 bridgehead atoms. The van der Waals surface area contributed by atoms with Gasteiger partial charge in [0.1, 0.15) is 10.8 Å². The number of hydrogen-bond donors (Lipinski definition) is 2. The lowest BCUT2D eigenvalue weighted by Crippen LogP contribution is -2.19. The molecule has 0 saturated heterocycles. The molecule has 0 aliphatic rings. The number of methoxy groups -OCH3 is 1. The number of halogens is 1. The molecule has 0 unspecified atom stereocenters. The maximum atomic E-state index is 10.8. The number of hydrogen-bond acceptors (Lipinski definition) is 4. The summed E-state index contributed by atoms with van der Waals surface area (Å²) < 4.78 is 5.06. The Morgan fingerprint density at radius 1 is 1.18 bits per heavy atom. The maximum absolute atomic E-state index is 10.8. The Hall–Kier alpha value is -2.38. The SMILES string of the molecule is COc1ccc(NC(=S)Nc2ccc(Cl)c([N+](=O)[O-])c2)cc1. The zero-order valence-corrected chi connectivity index (χ0v) is 13.1. The third kappa shape index (κ3) is 4.06. The van der Waals surface area contributed by atoms with Gasteiger partial charge in [-0.05, 0) is 48.6 Å². The first kappa shape index (κ1) is 16.0. The summed E-state index contributed by atoms with van der Waals surface area (Å²) in [6, 6.07) is 11.6. The Bertz CT molecular complexity index is 707. The van der Waals surface area contributed by atoms with Crippen LogP contribution >= 0.6 is 23.8 Å². The summed E-state index contributed by atoms with van der Waals surface area (Å²) in [6.45, 7) is 0. The number of nitrogens with zero attached hydrogens (tertiary/aromatic N) is 1. The summed E-state index contributed by atoms with van der Waals surface area (Å²) in [5.41, 5.74) is 1.06. The molecule has 8 heteroatoms. The van der Waals surface area contributed by atoms with Crippen molar-refractivity contribution in [2.45, 2.75) is 0 Å². The average Bonchev–Trinajstić information content (AvgIpc) is 2.49. The van der Waals surface area contributed by atoms with E-state index in [9.17, 15) is 10.1 Å². The molecule has 0 saturated carbocycles. The molecule has 2 N–H and O–H groups in total. The van der Waals surface area contributed by atoms with Crippen LogP contribution in [0.5, 0.6) is 5.75 Å². The van der Waals surface area contributed by atoms with Gasteiger partial charge in [0.05, 0.1) is 12.0 Å². The van der Waals surface area contributed by atoms with Crippen LogP contribution in [0.15, 0.2) is 42.5 Å². The quantitative estimate of drug-likeness (QED) is 0.497. The molecule has 0 aromatic heterocycles. The molecule has 0 radical (unpaired) electrons. The Morgan fingerprint density at radius 2 is 1.77 bits per heavy atom. The maximum Gasteiger partial charge on any atom is 0.289 e. The molecular weight excluding hydrogens is 326 g/mol. The molecule has 0 atom stereocenters. The number of nitrogens with one attached hydrogen (secondary N) is 2. The highest BCUT2D eigenvalue weighted by Gasteiger charge is 2.13. The van der Waals surface area contributed by atoms with E-state index in [-0.39, 0.29) is 10.7 Å². The van der Waals surface area contributed by atoms with E-state index >= 15 is 0 Å². The molecule has 0 aliphatic heterocycles. The van der Waals surface area contributed by atoms with Crippen molar-refractivity contribution in [2.75, 3.05) is 17.7 Å². The fourth-order valence-electron chi connectivity index (χ4n) is 1.70. The van der Waals surface area contributed by atoms with Gasteiger partial charge in [-0.25, -0.2) is 0 Å². The molecule has 0 fully saturated rings. The first-order valence-electron chi connectivity index (χ1n) is 6.15.